The highest BCUT2D eigenvalue weighted by Crippen LogP contribution is 2.03. The quantitative estimate of drug-likeness (QED) is 0.540. The van der Waals surface area contributed by atoms with E-state index in [4.69, 9.17) is 0 Å². The molecule has 11 heavy (non-hydrogen) atoms. The van der Waals surface area contributed by atoms with E-state index in [1.807, 2.05) is 0 Å². The van der Waals surface area contributed by atoms with Crippen LogP contribution in [0.5, 0.6) is 0 Å². The predicted octanol–water partition coefficient (Wildman–Crippen LogP) is 3.29. The zero-order valence-electron chi connectivity index (χ0n) is 8.30. The Balaban J connectivity index is 3.42. The third-order valence-corrected chi connectivity index (χ3v) is 1.61. The molecule has 0 aliphatic rings. The van der Waals surface area contributed by atoms with Gasteiger partial charge in [0.25, 0.3) is 0 Å². The summed E-state index contributed by atoms with van der Waals surface area (Å²) in [7, 11) is 0. The Hall–Kier alpha value is -0.330. The third-order valence-electron chi connectivity index (χ3n) is 1.61. The van der Waals surface area contributed by atoms with Crippen LogP contribution < -0.4 is 0 Å². The number of rotatable bonds is 5. The van der Waals surface area contributed by atoms with Crippen LogP contribution in [0.15, 0.2) is 4.99 Å². The van der Waals surface area contributed by atoms with Gasteiger partial charge in [0.05, 0.1) is 0 Å². The monoisotopic (exact) mass is 155 g/mol. The van der Waals surface area contributed by atoms with Gasteiger partial charge in [-0.2, -0.15) is 0 Å². The Bertz CT molecular complexity index is 105. The molecular formula is C10H21N. The fourth-order valence-corrected chi connectivity index (χ4v) is 0.893. The van der Waals surface area contributed by atoms with Gasteiger partial charge in [-0.25, -0.2) is 0 Å². The summed E-state index contributed by atoms with van der Waals surface area (Å²) in [5, 5.41) is 0. The molecule has 0 rings (SSSR count). The maximum atomic E-state index is 4.44. The number of hydrogen-bond acceptors (Lipinski definition) is 1. The van der Waals surface area contributed by atoms with E-state index in [2.05, 4.69) is 38.9 Å². The average molecular weight is 155 g/mol. The zero-order chi connectivity index (χ0) is 8.69. The summed E-state index contributed by atoms with van der Waals surface area (Å²) in [5.74, 6) is 0.596. The van der Waals surface area contributed by atoms with Gasteiger partial charge in [-0.3, -0.25) is 4.99 Å². The molecule has 0 fully saturated rings. The second-order valence-corrected chi connectivity index (χ2v) is 3.53. The van der Waals surface area contributed by atoms with Crippen LogP contribution in [-0.2, 0) is 0 Å². The van der Waals surface area contributed by atoms with Crippen LogP contribution in [-0.4, -0.2) is 12.3 Å². The highest BCUT2D eigenvalue weighted by atomic mass is 14.7. The molecule has 1 atom stereocenters. The molecule has 66 valence electrons. The molecule has 0 saturated carbocycles. The van der Waals surface area contributed by atoms with Gasteiger partial charge in [0, 0.05) is 12.3 Å². The molecule has 0 amide bonds. The molecule has 0 aromatic heterocycles. The molecule has 0 aliphatic carbocycles. The lowest BCUT2D eigenvalue weighted by molar-refractivity contribution is 0.616. The van der Waals surface area contributed by atoms with Crippen LogP contribution in [0.3, 0.4) is 0 Å². The summed E-state index contributed by atoms with van der Waals surface area (Å²) in [6.07, 6.45) is 5.87. The number of hydrogen-bond donors (Lipinski definition) is 0. The van der Waals surface area contributed by atoms with E-state index in [0.717, 1.165) is 0 Å². The van der Waals surface area contributed by atoms with Crippen LogP contribution in [0.25, 0.3) is 0 Å². The van der Waals surface area contributed by atoms with E-state index in [9.17, 15) is 0 Å². The summed E-state index contributed by atoms with van der Waals surface area (Å²) < 4.78 is 0. The molecule has 0 saturated heterocycles. The SMILES string of the molecule is CCCC[C@@H](C)/N=C\C(C)C. The smallest absolute Gasteiger partial charge is 0.0467 e. The van der Waals surface area contributed by atoms with Gasteiger partial charge in [-0.05, 0) is 19.3 Å². The minimum Gasteiger partial charge on any atom is -0.294 e. The molecular weight excluding hydrogens is 134 g/mol. The normalized spacial score (nSPS) is 14.6. The average Bonchev–Trinajstić information content (AvgIpc) is 1.97. The minimum absolute atomic E-state index is 0.525. The second-order valence-electron chi connectivity index (χ2n) is 3.53. The van der Waals surface area contributed by atoms with Gasteiger partial charge in [0.15, 0.2) is 0 Å². The molecule has 0 heterocycles. The first-order valence-corrected chi connectivity index (χ1v) is 4.70. The Morgan fingerprint density at radius 3 is 2.36 bits per heavy atom. The molecule has 0 aromatic carbocycles. The third kappa shape index (κ3) is 7.57. The number of nitrogens with zero attached hydrogens (tertiary/aromatic N) is 1. The van der Waals surface area contributed by atoms with E-state index >= 15 is 0 Å². The number of unbranched alkanes of at least 4 members (excludes halogenated alkanes) is 1. The summed E-state index contributed by atoms with van der Waals surface area (Å²) in [4.78, 5) is 4.44. The Kier molecular flexibility index (Phi) is 6.19. The molecule has 0 unspecified atom stereocenters. The van der Waals surface area contributed by atoms with E-state index in [0.29, 0.717) is 12.0 Å². The van der Waals surface area contributed by atoms with Crippen LogP contribution in [0.1, 0.15) is 47.0 Å². The summed E-state index contributed by atoms with van der Waals surface area (Å²) >= 11 is 0. The lowest BCUT2D eigenvalue weighted by Crippen LogP contribution is -1.99. The zero-order valence-corrected chi connectivity index (χ0v) is 8.30. The largest absolute Gasteiger partial charge is 0.294 e. The van der Waals surface area contributed by atoms with Crippen LogP contribution >= 0.6 is 0 Å². The molecule has 0 bridgehead atoms. The summed E-state index contributed by atoms with van der Waals surface area (Å²) in [5.41, 5.74) is 0. The lowest BCUT2D eigenvalue weighted by Gasteiger charge is -2.04. The van der Waals surface area contributed by atoms with Crippen molar-refractivity contribution in [2.24, 2.45) is 10.9 Å². The van der Waals surface area contributed by atoms with Crippen LogP contribution in [0, 0.1) is 5.92 Å². The van der Waals surface area contributed by atoms with Gasteiger partial charge >= 0.3 is 0 Å². The van der Waals surface area contributed by atoms with Crippen molar-refractivity contribution in [1.29, 1.82) is 0 Å². The highest BCUT2D eigenvalue weighted by Gasteiger charge is 1.96. The molecule has 0 aromatic rings. The lowest BCUT2D eigenvalue weighted by atomic mass is 10.1. The maximum absolute atomic E-state index is 4.44. The molecule has 0 radical (unpaired) electrons. The van der Waals surface area contributed by atoms with Gasteiger partial charge < -0.3 is 0 Å². The fraction of sp³-hybridized carbons (Fsp3) is 0.900. The second kappa shape index (κ2) is 6.38. The van der Waals surface area contributed by atoms with Gasteiger partial charge in [-0.15, -0.1) is 0 Å². The van der Waals surface area contributed by atoms with Crippen molar-refractivity contribution in [3.8, 4) is 0 Å². The van der Waals surface area contributed by atoms with Crippen molar-refractivity contribution in [3.05, 3.63) is 0 Å². The number of aliphatic imine (C=N–C) groups is 1. The standard InChI is InChI=1S/C10H21N/c1-5-6-7-10(4)11-8-9(2)3/h8-10H,5-7H2,1-4H3/b11-8-/t10-/m1/s1. The Labute approximate surface area is 70.9 Å². The first kappa shape index (κ1) is 10.7. The van der Waals surface area contributed by atoms with Gasteiger partial charge in [0.2, 0.25) is 0 Å². The highest BCUT2D eigenvalue weighted by molar-refractivity contribution is 5.59. The van der Waals surface area contributed by atoms with Crippen molar-refractivity contribution in [2.45, 2.75) is 53.0 Å². The maximum Gasteiger partial charge on any atom is 0.0467 e. The molecule has 0 spiro atoms. The van der Waals surface area contributed by atoms with Crippen LogP contribution in [0.4, 0.5) is 0 Å². The first-order valence-electron chi connectivity index (χ1n) is 4.70. The van der Waals surface area contributed by atoms with E-state index in [-0.39, 0.29) is 0 Å². The van der Waals surface area contributed by atoms with Crippen LogP contribution in [0.2, 0.25) is 0 Å². The summed E-state index contributed by atoms with van der Waals surface area (Å²) in [6.45, 7) is 8.74. The molecule has 0 aliphatic heterocycles. The summed E-state index contributed by atoms with van der Waals surface area (Å²) in [6, 6.07) is 0.525. The van der Waals surface area contributed by atoms with Crippen molar-refractivity contribution in [3.63, 3.8) is 0 Å². The molecule has 0 N–H and O–H groups in total. The minimum atomic E-state index is 0.525. The topological polar surface area (TPSA) is 12.4 Å². The van der Waals surface area contributed by atoms with E-state index < -0.39 is 0 Å². The molecule has 1 heteroatoms. The molecule has 1 nitrogen and oxygen atoms in total. The van der Waals surface area contributed by atoms with Crippen molar-refractivity contribution < 1.29 is 0 Å². The van der Waals surface area contributed by atoms with Crippen molar-refractivity contribution >= 4 is 6.21 Å². The van der Waals surface area contributed by atoms with Crippen molar-refractivity contribution in [1.82, 2.24) is 0 Å². The van der Waals surface area contributed by atoms with Crippen molar-refractivity contribution in [2.75, 3.05) is 0 Å². The first-order chi connectivity index (χ1) is 5.16. The Morgan fingerprint density at radius 1 is 1.27 bits per heavy atom. The fourth-order valence-electron chi connectivity index (χ4n) is 0.893. The predicted molar refractivity (Wildman–Crippen MR) is 52.3 cm³/mol. The van der Waals surface area contributed by atoms with Gasteiger partial charge in [-0.1, -0.05) is 33.6 Å². The van der Waals surface area contributed by atoms with E-state index in [1.54, 1.807) is 0 Å². The van der Waals surface area contributed by atoms with Gasteiger partial charge in [0.1, 0.15) is 0 Å². The Morgan fingerprint density at radius 2 is 1.91 bits per heavy atom. The van der Waals surface area contributed by atoms with E-state index in [1.165, 1.54) is 19.3 Å².